The summed E-state index contributed by atoms with van der Waals surface area (Å²) in [6.07, 6.45) is 4.55. The fraction of sp³-hybridized carbons (Fsp3) is 0.133. The van der Waals surface area contributed by atoms with Gasteiger partial charge >= 0.3 is 0 Å². The highest BCUT2D eigenvalue weighted by atomic mass is 16.5. The molecule has 0 bridgehead atoms. The molecule has 0 saturated carbocycles. The lowest BCUT2D eigenvalue weighted by Crippen LogP contribution is -2.07. The minimum Gasteiger partial charge on any atom is -0.439 e. The highest BCUT2D eigenvalue weighted by molar-refractivity contribution is 5.99. The Morgan fingerprint density at radius 3 is 2.90 bits per heavy atom. The number of allylic oxidation sites excluding steroid dienone is 1. The van der Waals surface area contributed by atoms with Crippen molar-refractivity contribution in [2.24, 2.45) is 0 Å². The van der Waals surface area contributed by atoms with Gasteiger partial charge in [0, 0.05) is 24.9 Å². The second-order valence-electron chi connectivity index (χ2n) is 4.11. The van der Waals surface area contributed by atoms with E-state index >= 15 is 0 Å². The molecular weight excluding hydrogens is 268 g/mol. The molecule has 0 fully saturated rings. The monoisotopic (exact) mass is 284 g/mol. The fourth-order valence-corrected chi connectivity index (χ4v) is 1.63. The maximum Gasteiger partial charge on any atom is 0.248 e. The maximum absolute atomic E-state index is 11.5. The number of hydrogen-bond donors (Lipinski definition) is 2. The van der Waals surface area contributed by atoms with Gasteiger partial charge in [-0.3, -0.25) is 4.79 Å². The highest BCUT2D eigenvalue weighted by Crippen LogP contribution is 2.23. The molecule has 1 heterocycles. The molecule has 2 N–H and O–H groups in total. The Labute approximate surface area is 122 Å². The van der Waals surface area contributed by atoms with Crippen LogP contribution in [0.5, 0.6) is 11.6 Å². The van der Waals surface area contributed by atoms with Crippen LogP contribution in [0.25, 0.3) is 0 Å². The first-order valence-electron chi connectivity index (χ1n) is 6.42. The molecule has 21 heavy (non-hydrogen) atoms. The Balaban J connectivity index is 2.11. The van der Waals surface area contributed by atoms with Gasteiger partial charge < -0.3 is 15.4 Å². The van der Waals surface area contributed by atoms with Crippen LogP contribution in [0.1, 0.15) is 6.92 Å². The first-order valence-corrected chi connectivity index (χ1v) is 6.42. The van der Waals surface area contributed by atoms with Gasteiger partial charge in [0.05, 0.1) is 0 Å². The summed E-state index contributed by atoms with van der Waals surface area (Å²) >= 11 is 0. The van der Waals surface area contributed by atoms with Gasteiger partial charge in [-0.1, -0.05) is 12.1 Å². The molecule has 6 nitrogen and oxygen atoms in total. The van der Waals surface area contributed by atoms with E-state index in [1.807, 2.05) is 0 Å². The Morgan fingerprint density at radius 2 is 2.14 bits per heavy atom. The van der Waals surface area contributed by atoms with Gasteiger partial charge in [-0.05, 0) is 25.1 Å². The topological polar surface area (TPSA) is 76.1 Å². The lowest BCUT2D eigenvalue weighted by molar-refractivity contribution is -0.111. The fourth-order valence-electron chi connectivity index (χ4n) is 1.63. The molecule has 1 aromatic carbocycles. The van der Waals surface area contributed by atoms with E-state index in [-0.39, 0.29) is 5.91 Å². The maximum atomic E-state index is 11.5. The van der Waals surface area contributed by atoms with Crippen LogP contribution < -0.4 is 15.4 Å². The summed E-state index contributed by atoms with van der Waals surface area (Å²) in [6.45, 7) is 1.79. The predicted molar refractivity (Wildman–Crippen MR) is 81.5 cm³/mol. The number of rotatable bonds is 5. The van der Waals surface area contributed by atoms with Crippen LogP contribution in [-0.4, -0.2) is 22.9 Å². The number of nitrogens with one attached hydrogen (secondary N) is 2. The van der Waals surface area contributed by atoms with Crippen molar-refractivity contribution in [3.63, 3.8) is 0 Å². The summed E-state index contributed by atoms with van der Waals surface area (Å²) in [7, 11) is 1.77. The number of ether oxygens (including phenoxy) is 1. The number of carbonyl (C=O) groups is 1. The molecular formula is C15H16N4O2. The third kappa shape index (κ3) is 4.31. The third-order valence-electron chi connectivity index (χ3n) is 2.54. The zero-order valence-electron chi connectivity index (χ0n) is 11.8. The second-order valence-corrected chi connectivity index (χ2v) is 4.11. The van der Waals surface area contributed by atoms with E-state index in [1.165, 1.54) is 12.4 Å². The number of aromatic nitrogens is 2. The molecule has 108 valence electrons. The Hall–Kier alpha value is -2.89. The van der Waals surface area contributed by atoms with Gasteiger partial charge in [0.15, 0.2) is 0 Å². The number of hydrogen-bond acceptors (Lipinski definition) is 5. The third-order valence-corrected chi connectivity index (χ3v) is 2.54. The average molecular weight is 284 g/mol. The summed E-state index contributed by atoms with van der Waals surface area (Å²) in [5.74, 6) is 1.48. The largest absolute Gasteiger partial charge is 0.439 e. The molecule has 0 unspecified atom stereocenters. The molecule has 1 aromatic heterocycles. The van der Waals surface area contributed by atoms with E-state index in [4.69, 9.17) is 4.74 Å². The van der Waals surface area contributed by atoms with Gasteiger partial charge in [-0.2, -0.15) is 0 Å². The first-order chi connectivity index (χ1) is 10.2. The number of carbonyl (C=O) groups excluding carboxylic acids is 1. The zero-order valence-corrected chi connectivity index (χ0v) is 11.8. The van der Waals surface area contributed by atoms with Gasteiger partial charge in [0.2, 0.25) is 11.8 Å². The van der Waals surface area contributed by atoms with Crippen LogP contribution in [0.4, 0.5) is 11.5 Å². The SMILES string of the molecule is C/C=C\C(=O)Nc1cccc(Oc2cc(NC)ncn2)c1. The summed E-state index contributed by atoms with van der Waals surface area (Å²) < 4.78 is 5.64. The normalized spacial score (nSPS) is 10.4. The summed E-state index contributed by atoms with van der Waals surface area (Å²) in [5.41, 5.74) is 0.651. The van der Waals surface area contributed by atoms with Gasteiger partial charge in [0.1, 0.15) is 17.9 Å². The highest BCUT2D eigenvalue weighted by Gasteiger charge is 2.03. The molecule has 2 aromatic rings. The molecule has 0 aliphatic carbocycles. The lowest BCUT2D eigenvalue weighted by Gasteiger charge is -2.08. The minimum atomic E-state index is -0.186. The number of nitrogens with zero attached hydrogens (tertiary/aromatic N) is 2. The molecule has 0 aliphatic heterocycles. The van der Waals surface area contributed by atoms with Crippen molar-refractivity contribution in [3.05, 3.63) is 48.8 Å². The van der Waals surface area contributed by atoms with Crippen molar-refractivity contribution in [3.8, 4) is 11.6 Å². The molecule has 0 saturated heterocycles. The van der Waals surface area contributed by atoms with Crippen LogP contribution in [0.3, 0.4) is 0 Å². The van der Waals surface area contributed by atoms with Gasteiger partial charge in [-0.25, -0.2) is 9.97 Å². The Kier molecular flexibility index (Phi) is 4.87. The molecule has 6 heteroatoms. The second kappa shape index (κ2) is 7.04. The Morgan fingerprint density at radius 1 is 1.29 bits per heavy atom. The van der Waals surface area contributed by atoms with E-state index in [9.17, 15) is 4.79 Å². The van der Waals surface area contributed by atoms with E-state index in [0.29, 0.717) is 23.1 Å². The smallest absolute Gasteiger partial charge is 0.248 e. The van der Waals surface area contributed by atoms with Crippen LogP contribution in [0.15, 0.2) is 48.8 Å². The van der Waals surface area contributed by atoms with Gasteiger partial charge in [0.25, 0.3) is 0 Å². The van der Waals surface area contributed by atoms with Crippen LogP contribution in [-0.2, 0) is 4.79 Å². The quantitative estimate of drug-likeness (QED) is 0.826. The number of benzene rings is 1. The molecule has 1 amide bonds. The molecule has 0 radical (unpaired) electrons. The summed E-state index contributed by atoms with van der Waals surface area (Å²) in [6, 6.07) is 8.77. The molecule has 0 spiro atoms. The average Bonchev–Trinajstić information content (AvgIpc) is 2.48. The number of anilines is 2. The minimum absolute atomic E-state index is 0.186. The predicted octanol–water partition coefficient (Wildman–Crippen LogP) is 2.83. The van der Waals surface area contributed by atoms with Crippen molar-refractivity contribution in [1.29, 1.82) is 0 Å². The van der Waals surface area contributed by atoms with Crippen molar-refractivity contribution in [2.75, 3.05) is 17.7 Å². The van der Waals surface area contributed by atoms with Crippen LogP contribution in [0.2, 0.25) is 0 Å². The van der Waals surface area contributed by atoms with Gasteiger partial charge in [-0.15, -0.1) is 0 Å². The molecule has 0 aliphatic rings. The molecule has 0 atom stereocenters. The van der Waals surface area contributed by atoms with Crippen molar-refractivity contribution in [2.45, 2.75) is 6.92 Å². The van der Waals surface area contributed by atoms with Crippen LogP contribution in [0, 0.1) is 0 Å². The van der Waals surface area contributed by atoms with Crippen LogP contribution >= 0.6 is 0 Å². The van der Waals surface area contributed by atoms with E-state index in [1.54, 1.807) is 50.4 Å². The van der Waals surface area contributed by atoms with Crippen molar-refractivity contribution in [1.82, 2.24) is 9.97 Å². The zero-order chi connectivity index (χ0) is 15.1. The standard InChI is InChI=1S/C15H16N4O2/c1-3-5-14(20)19-11-6-4-7-12(8-11)21-15-9-13(16-2)17-10-18-15/h3-10H,1-2H3,(H,19,20)(H,16,17,18)/b5-3-. The van der Waals surface area contributed by atoms with Crippen molar-refractivity contribution >= 4 is 17.4 Å². The summed E-state index contributed by atoms with van der Waals surface area (Å²) in [5, 5.41) is 5.65. The first kappa shape index (κ1) is 14.5. The Bertz CT molecular complexity index is 656. The number of amides is 1. The van der Waals surface area contributed by atoms with E-state index in [0.717, 1.165) is 0 Å². The van der Waals surface area contributed by atoms with E-state index < -0.39 is 0 Å². The van der Waals surface area contributed by atoms with Crippen molar-refractivity contribution < 1.29 is 9.53 Å². The van der Waals surface area contributed by atoms with E-state index in [2.05, 4.69) is 20.6 Å². The summed E-state index contributed by atoms with van der Waals surface area (Å²) in [4.78, 5) is 19.5. The lowest BCUT2D eigenvalue weighted by atomic mass is 10.3. The molecule has 2 rings (SSSR count).